The van der Waals surface area contributed by atoms with Gasteiger partial charge in [0.2, 0.25) is 0 Å². The smallest absolute Gasteiger partial charge is 0.163 e. The molecular weight excluding hydrogens is 581 g/mol. The highest BCUT2D eigenvalue weighted by Crippen LogP contribution is 2.47. The topological polar surface area (TPSA) is 43.6 Å². The summed E-state index contributed by atoms with van der Waals surface area (Å²) in [6, 6.07) is 35.4. The molecule has 10 rings (SSSR count). The number of pyridine rings is 1. The van der Waals surface area contributed by atoms with Gasteiger partial charge in [0.05, 0.1) is 23.6 Å². The fraction of sp³-hybridized carbons (Fsp3) is 0. The first-order chi connectivity index (χ1) is 24.9. The van der Waals surface area contributed by atoms with E-state index in [1.807, 2.05) is 23.5 Å². The van der Waals surface area contributed by atoms with Crippen LogP contribution in [-0.2, 0) is 0 Å². The third-order valence-electron chi connectivity index (χ3n) is 8.74. The molecule has 0 bridgehead atoms. The summed E-state index contributed by atoms with van der Waals surface area (Å²) in [5.74, 6) is 0.342. The van der Waals surface area contributed by atoms with Gasteiger partial charge in [-0.25, -0.2) is 15.0 Å². The quantitative estimate of drug-likeness (QED) is 0.200. The van der Waals surface area contributed by atoms with Crippen molar-refractivity contribution in [3.63, 3.8) is 0 Å². The van der Waals surface area contributed by atoms with Crippen molar-refractivity contribution in [3.8, 4) is 28.3 Å². The lowest BCUT2D eigenvalue weighted by molar-refractivity contribution is 1.17. The molecular formula is C41H24N4S. The maximum absolute atomic E-state index is 8.65. The van der Waals surface area contributed by atoms with E-state index in [4.69, 9.17) is 16.8 Å². The maximum Gasteiger partial charge on any atom is 0.163 e. The van der Waals surface area contributed by atoms with Crippen LogP contribution in [0, 0.1) is 0 Å². The fourth-order valence-electron chi connectivity index (χ4n) is 6.80. The molecule has 0 saturated carbocycles. The summed E-state index contributed by atoms with van der Waals surface area (Å²) >= 11 is 1.84. The molecule has 0 atom stereocenters. The predicted molar refractivity (Wildman–Crippen MR) is 193 cm³/mol. The molecule has 214 valence electrons. The minimum atomic E-state index is -0.452. The molecule has 0 aliphatic rings. The van der Waals surface area contributed by atoms with Crippen LogP contribution in [0.15, 0.2) is 146 Å². The molecule has 4 heterocycles. The van der Waals surface area contributed by atoms with Crippen LogP contribution < -0.4 is 0 Å². The van der Waals surface area contributed by atoms with Crippen molar-refractivity contribution < 1.29 is 6.85 Å². The average Bonchev–Trinajstić information content (AvgIpc) is 3.73. The van der Waals surface area contributed by atoms with E-state index in [2.05, 4.69) is 94.5 Å². The summed E-state index contributed by atoms with van der Waals surface area (Å²) in [6.45, 7) is 0. The predicted octanol–water partition coefficient (Wildman–Crippen LogP) is 11.0. The Labute approximate surface area is 274 Å². The molecule has 4 nitrogen and oxygen atoms in total. The Hall–Kier alpha value is -5.91. The lowest BCUT2D eigenvalue weighted by Crippen LogP contribution is -1.98. The minimum Gasteiger partial charge on any atom is -0.309 e. The van der Waals surface area contributed by atoms with Gasteiger partial charge in [0.1, 0.15) is 0 Å². The molecule has 46 heavy (non-hydrogen) atoms. The number of rotatable bonds is 3. The zero-order valence-corrected chi connectivity index (χ0v) is 25.0. The van der Waals surface area contributed by atoms with Crippen LogP contribution in [-0.4, -0.2) is 19.5 Å². The minimum absolute atomic E-state index is 0.0176. The molecule has 0 spiro atoms. The summed E-state index contributed by atoms with van der Waals surface area (Å²) in [5.41, 5.74) is 4.56. The van der Waals surface area contributed by atoms with Crippen LogP contribution >= 0.6 is 11.3 Å². The lowest BCUT2D eigenvalue weighted by Gasteiger charge is -2.12. The highest BCUT2D eigenvalue weighted by atomic mass is 32.1. The van der Waals surface area contributed by atoms with Gasteiger partial charge >= 0.3 is 0 Å². The van der Waals surface area contributed by atoms with Gasteiger partial charge in [-0.15, -0.1) is 11.3 Å². The molecule has 4 aromatic heterocycles. The van der Waals surface area contributed by atoms with E-state index in [-0.39, 0.29) is 23.3 Å². The van der Waals surface area contributed by atoms with Crippen LogP contribution in [0.5, 0.6) is 0 Å². The zero-order valence-electron chi connectivity index (χ0n) is 29.2. The van der Waals surface area contributed by atoms with Crippen molar-refractivity contribution in [3.05, 3.63) is 146 Å². The van der Waals surface area contributed by atoms with Gasteiger partial charge in [-0.2, -0.15) is 0 Å². The highest BCUT2D eigenvalue weighted by Gasteiger charge is 2.21. The van der Waals surface area contributed by atoms with Crippen LogP contribution in [0.2, 0.25) is 0 Å². The van der Waals surface area contributed by atoms with Crippen molar-refractivity contribution >= 4 is 75.1 Å². The number of para-hydroxylation sites is 1. The summed E-state index contributed by atoms with van der Waals surface area (Å²) < 4.78 is 46.8. The third-order valence-corrected chi connectivity index (χ3v) is 9.93. The molecule has 10 aromatic rings. The molecule has 0 fully saturated rings. The second-order valence-corrected chi connectivity index (χ2v) is 12.3. The normalized spacial score (nSPS) is 13.4. The summed E-state index contributed by atoms with van der Waals surface area (Å²) in [5, 5.41) is 7.87. The Balaban J connectivity index is 1.21. The van der Waals surface area contributed by atoms with E-state index in [0.717, 1.165) is 16.7 Å². The SMILES string of the molecule is [2H]c1c([2H])c([2H])c(-c2nc(-c3ccc(-n4c5ccccc5c5c6sc7ccccc7c6c6ccccc6c54)cc3)nc3ncccc23)c([2H])c1[2H]. The number of thiophene rings is 1. The van der Waals surface area contributed by atoms with E-state index in [0.29, 0.717) is 22.4 Å². The molecule has 0 aliphatic carbocycles. The third kappa shape index (κ3) is 3.63. The number of benzene rings is 6. The Morgan fingerprint density at radius 2 is 1.30 bits per heavy atom. The lowest BCUT2D eigenvalue weighted by atomic mass is 10.00. The van der Waals surface area contributed by atoms with E-state index in [1.165, 1.54) is 41.7 Å². The van der Waals surface area contributed by atoms with Crippen LogP contribution in [0.1, 0.15) is 6.85 Å². The summed E-state index contributed by atoms with van der Waals surface area (Å²) in [4.78, 5) is 14.1. The van der Waals surface area contributed by atoms with Gasteiger partial charge in [0, 0.05) is 64.7 Å². The second-order valence-electron chi connectivity index (χ2n) is 11.2. The Bertz CT molecular complexity index is 3070. The molecule has 0 amide bonds. The zero-order chi connectivity index (χ0) is 34.5. The first kappa shape index (κ1) is 20.9. The Morgan fingerprint density at radius 1 is 0.587 bits per heavy atom. The van der Waals surface area contributed by atoms with Crippen LogP contribution in [0.25, 0.3) is 92.1 Å². The Kier molecular flexibility index (Phi) is 4.46. The largest absolute Gasteiger partial charge is 0.309 e. The summed E-state index contributed by atoms with van der Waals surface area (Å²) in [7, 11) is 0. The van der Waals surface area contributed by atoms with Crippen molar-refractivity contribution in [2.45, 2.75) is 0 Å². The highest BCUT2D eigenvalue weighted by molar-refractivity contribution is 7.27. The van der Waals surface area contributed by atoms with Gasteiger partial charge in [-0.1, -0.05) is 90.9 Å². The maximum atomic E-state index is 8.65. The molecule has 6 aromatic carbocycles. The summed E-state index contributed by atoms with van der Waals surface area (Å²) in [6.07, 6.45) is 1.62. The first-order valence-corrected chi connectivity index (χ1v) is 15.8. The molecule has 0 radical (unpaired) electrons. The van der Waals surface area contributed by atoms with Gasteiger partial charge in [0.15, 0.2) is 11.5 Å². The van der Waals surface area contributed by atoms with Crippen molar-refractivity contribution in [1.29, 1.82) is 0 Å². The van der Waals surface area contributed by atoms with E-state index in [9.17, 15) is 0 Å². The molecule has 0 unspecified atom stereocenters. The van der Waals surface area contributed by atoms with Gasteiger partial charge in [-0.3, -0.25) is 0 Å². The van der Waals surface area contributed by atoms with Gasteiger partial charge < -0.3 is 4.57 Å². The fourth-order valence-corrected chi connectivity index (χ4v) is 8.08. The van der Waals surface area contributed by atoms with E-state index < -0.39 is 18.1 Å². The number of hydrogen-bond donors (Lipinski definition) is 0. The standard InChI is InChI=1S/C41H24N4S/c1-2-11-25(12-3-1)37-32-17-10-24-42-41(32)44-40(43-37)26-20-22-27(23-21-26)45-33-18-8-6-15-30(33)36-38(45)29-14-5-4-13-28(29)35-31-16-7-9-19-34(31)46-39(35)36/h1-24H/i1D,2D,3D,11D,12D. The molecule has 0 aliphatic heterocycles. The monoisotopic (exact) mass is 609 g/mol. The molecule has 0 N–H and O–H groups in total. The van der Waals surface area contributed by atoms with Crippen LogP contribution in [0.3, 0.4) is 0 Å². The van der Waals surface area contributed by atoms with Crippen molar-refractivity contribution in [2.24, 2.45) is 0 Å². The second kappa shape index (κ2) is 9.80. The Morgan fingerprint density at radius 3 is 2.15 bits per heavy atom. The van der Waals surface area contributed by atoms with Gasteiger partial charge in [0.25, 0.3) is 0 Å². The number of fused-ring (bicyclic) bond motifs is 11. The van der Waals surface area contributed by atoms with Crippen molar-refractivity contribution in [2.75, 3.05) is 0 Å². The van der Waals surface area contributed by atoms with E-state index in [1.54, 1.807) is 18.3 Å². The average molecular weight is 610 g/mol. The first-order valence-electron chi connectivity index (χ1n) is 17.5. The molecule has 0 saturated heterocycles. The number of hydrogen-bond acceptors (Lipinski definition) is 4. The molecule has 5 heteroatoms. The van der Waals surface area contributed by atoms with Crippen LogP contribution in [0.4, 0.5) is 0 Å². The number of nitrogens with zero attached hydrogens (tertiary/aromatic N) is 4. The number of aromatic nitrogens is 4. The van der Waals surface area contributed by atoms with E-state index >= 15 is 0 Å². The van der Waals surface area contributed by atoms with Gasteiger partial charge in [-0.05, 0) is 53.9 Å². The van der Waals surface area contributed by atoms with Crippen molar-refractivity contribution in [1.82, 2.24) is 19.5 Å².